The summed E-state index contributed by atoms with van der Waals surface area (Å²) in [7, 11) is 0. The largest absolute Gasteiger partial charge is 0.488 e. The van der Waals surface area contributed by atoms with Gasteiger partial charge in [0.15, 0.2) is 0 Å². The highest BCUT2D eigenvalue weighted by Gasteiger charge is 1.99. The molecule has 0 fully saturated rings. The molecule has 1 aromatic carbocycles. The maximum absolute atomic E-state index is 5.84. The first-order chi connectivity index (χ1) is 7.24. The van der Waals surface area contributed by atoms with E-state index in [2.05, 4.69) is 4.98 Å². The number of aryl methyl sites for hydroxylation is 1. The van der Waals surface area contributed by atoms with Crippen LogP contribution < -0.4 is 4.74 Å². The first kappa shape index (κ1) is 10.5. The minimum Gasteiger partial charge on any atom is -0.488 e. The van der Waals surface area contributed by atoms with Crippen LogP contribution >= 0.6 is 22.9 Å². The molecule has 15 heavy (non-hydrogen) atoms. The van der Waals surface area contributed by atoms with Crippen LogP contribution in [0.15, 0.2) is 30.5 Å². The van der Waals surface area contributed by atoms with Gasteiger partial charge in [-0.05, 0) is 25.1 Å². The van der Waals surface area contributed by atoms with Crippen molar-refractivity contribution in [1.29, 1.82) is 0 Å². The predicted octanol–water partition coefficient (Wildman–Crippen LogP) is 3.68. The smallest absolute Gasteiger partial charge is 0.124 e. The van der Waals surface area contributed by atoms with E-state index in [4.69, 9.17) is 16.3 Å². The topological polar surface area (TPSA) is 22.1 Å². The van der Waals surface area contributed by atoms with Gasteiger partial charge >= 0.3 is 0 Å². The molecule has 2 aromatic rings. The molecular formula is C11H10ClNOS. The second kappa shape index (κ2) is 4.64. The molecule has 0 saturated carbocycles. The summed E-state index contributed by atoms with van der Waals surface area (Å²) in [5.74, 6) is 0.786. The van der Waals surface area contributed by atoms with Gasteiger partial charge in [-0.25, -0.2) is 4.98 Å². The number of rotatable bonds is 3. The lowest BCUT2D eigenvalue weighted by atomic mass is 10.3. The minimum atomic E-state index is 0.547. The van der Waals surface area contributed by atoms with Crippen LogP contribution in [0.4, 0.5) is 0 Å². The van der Waals surface area contributed by atoms with Gasteiger partial charge in [-0.1, -0.05) is 17.7 Å². The van der Waals surface area contributed by atoms with Crippen LogP contribution in [0.5, 0.6) is 5.75 Å². The Morgan fingerprint density at radius 3 is 3.00 bits per heavy atom. The summed E-state index contributed by atoms with van der Waals surface area (Å²) in [5.41, 5.74) is 0. The first-order valence-electron chi connectivity index (χ1n) is 4.54. The summed E-state index contributed by atoms with van der Waals surface area (Å²) in [6, 6.07) is 7.38. The molecule has 0 radical (unpaired) electrons. The predicted molar refractivity (Wildman–Crippen MR) is 62.6 cm³/mol. The maximum atomic E-state index is 5.84. The molecule has 0 spiro atoms. The SMILES string of the molecule is Cc1ncc(COc2cccc(Cl)c2)s1. The van der Waals surface area contributed by atoms with Gasteiger partial charge in [0.25, 0.3) is 0 Å². The maximum Gasteiger partial charge on any atom is 0.124 e. The average molecular weight is 240 g/mol. The summed E-state index contributed by atoms with van der Waals surface area (Å²) in [4.78, 5) is 5.28. The van der Waals surface area contributed by atoms with Crippen molar-refractivity contribution in [2.24, 2.45) is 0 Å². The number of benzene rings is 1. The highest BCUT2D eigenvalue weighted by Crippen LogP contribution is 2.19. The standard InChI is InChI=1S/C11H10ClNOS/c1-8-13-6-11(15-8)7-14-10-4-2-3-9(12)5-10/h2-6H,7H2,1H3. The lowest BCUT2D eigenvalue weighted by molar-refractivity contribution is 0.309. The average Bonchev–Trinajstić information content (AvgIpc) is 2.62. The Morgan fingerprint density at radius 1 is 1.47 bits per heavy atom. The van der Waals surface area contributed by atoms with E-state index in [0.29, 0.717) is 11.6 Å². The number of thiazole rings is 1. The first-order valence-corrected chi connectivity index (χ1v) is 5.73. The molecule has 2 rings (SSSR count). The molecular weight excluding hydrogens is 230 g/mol. The van der Waals surface area contributed by atoms with E-state index in [1.807, 2.05) is 31.3 Å². The normalized spacial score (nSPS) is 10.3. The molecule has 1 heterocycles. The van der Waals surface area contributed by atoms with Gasteiger partial charge in [-0.2, -0.15) is 0 Å². The highest BCUT2D eigenvalue weighted by molar-refractivity contribution is 7.11. The van der Waals surface area contributed by atoms with Crippen LogP contribution in [0, 0.1) is 6.92 Å². The summed E-state index contributed by atoms with van der Waals surface area (Å²) in [6.07, 6.45) is 1.84. The third-order valence-electron chi connectivity index (χ3n) is 1.85. The van der Waals surface area contributed by atoms with Crippen LogP contribution in [-0.4, -0.2) is 4.98 Å². The van der Waals surface area contributed by atoms with Gasteiger partial charge in [0.05, 0.1) is 9.88 Å². The van der Waals surface area contributed by atoms with Gasteiger partial charge in [0, 0.05) is 11.2 Å². The van der Waals surface area contributed by atoms with Crippen LogP contribution in [0.25, 0.3) is 0 Å². The summed E-state index contributed by atoms with van der Waals surface area (Å²) in [5, 5.41) is 1.74. The number of aromatic nitrogens is 1. The fourth-order valence-electron chi connectivity index (χ4n) is 1.18. The number of halogens is 1. The quantitative estimate of drug-likeness (QED) is 0.815. The summed E-state index contributed by atoms with van der Waals surface area (Å²) >= 11 is 7.48. The highest BCUT2D eigenvalue weighted by atomic mass is 35.5. The van der Waals surface area contributed by atoms with Crippen molar-refractivity contribution in [1.82, 2.24) is 4.98 Å². The van der Waals surface area contributed by atoms with Crippen LogP contribution in [-0.2, 0) is 6.61 Å². The Morgan fingerprint density at radius 2 is 2.33 bits per heavy atom. The van der Waals surface area contributed by atoms with E-state index in [1.165, 1.54) is 0 Å². The van der Waals surface area contributed by atoms with Gasteiger partial charge in [0.2, 0.25) is 0 Å². The van der Waals surface area contributed by atoms with E-state index < -0.39 is 0 Å². The molecule has 0 N–H and O–H groups in total. The second-order valence-electron chi connectivity index (χ2n) is 3.09. The van der Waals surface area contributed by atoms with Gasteiger partial charge < -0.3 is 4.74 Å². The van der Waals surface area contributed by atoms with Crippen molar-refractivity contribution in [3.63, 3.8) is 0 Å². The molecule has 0 aliphatic carbocycles. The van der Waals surface area contributed by atoms with E-state index in [-0.39, 0.29) is 0 Å². The molecule has 1 aromatic heterocycles. The third-order valence-corrected chi connectivity index (χ3v) is 2.97. The van der Waals surface area contributed by atoms with Crippen molar-refractivity contribution in [3.8, 4) is 5.75 Å². The van der Waals surface area contributed by atoms with Gasteiger partial charge in [-0.15, -0.1) is 11.3 Å². The number of hydrogen-bond donors (Lipinski definition) is 0. The Bertz CT molecular complexity index is 455. The minimum absolute atomic E-state index is 0.547. The zero-order valence-electron chi connectivity index (χ0n) is 8.24. The second-order valence-corrected chi connectivity index (χ2v) is 4.85. The van der Waals surface area contributed by atoms with Gasteiger partial charge in [-0.3, -0.25) is 0 Å². The Kier molecular flexibility index (Phi) is 3.23. The van der Waals surface area contributed by atoms with Crippen molar-refractivity contribution in [3.05, 3.63) is 45.4 Å². The summed E-state index contributed by atoms with van der Waals surface area (Å²) < 4.78 is 5.57. The van der Waals surface area contributed by atoms with Crippen molar-refractivity contribution < 1.29 is 4.74 Å². The molecule has 0 amide bonds. The van der Waals surface area contributed by atoms with Gasteiger partial charge in [0.1, 0.15) is 12.4 Å². The molecule has 0 atom stereocenters. The van der Waals surface area contributed by atoms with E-state index >= 15 is 0 Å². The van der Waals surface area contributed by atoms with E-state index in [0.717, 1.165) is 15.6 Å². The molecule has 0 aliphatic rings. The molecule has 0 saturated heterocycles. The van der Waals surface area contributed by atoms with Crippen molar-refractivity contribution >= 4 is 22.9 Å². The molecule has 2 nitrogen and oxygen atoms in total. The van der Waals surface area contributed by atoms with Crippen LogP contribution in [0.1, 0.15) is 9.88 Å². The monoisotopic (exact) mass is 239 g/mol. The molecule has 0 bridgehead atoms. The Labute approximate surface area is 97.5 Å². The molecule has 4 heteroatoms. The molecule has 0 aliphatic heterocycles. The van der Waals surface area contributed by atoms with E-state index in [1.54, 1.807) is 17.4 Å². The van der Waals surface area contributed by atoms with Crippen molar-refractivity contribution in [2.45, 2.75) is 13.5 Å². The zero-order valence-corrected chi connectivity index (χ0v) is 9.81. The fourth-order valence-corrected chi connectivity index (χ4v) is 2.07. The number of nitrogens with zero attached hydrogens (tertiary/aromatic N) is 1. The molecule has 0 unspecified atom stereocenters. The lowest BCUT2D eigenvalue weighted by Gasteiger charge is -2.03. The zero-order chi connectivity index (χ0) is 10.7. The number of hydrogen-bond acceptors (Lipinski definition) is 3. The number of ether oxygens (including phenoxy) is 1. The molecule has 78 valence electrons. The Hall–Kier alpha value is -1.06. The van der Waals surface area contributed by atoms with Crippen LogP contribution in [0.2, 0.25) is 5.02 Å². The fraction of sp³-hybridized carbons (Fsp3) is 0.182. The Balaban J connectivity index is 1.99. The lowest BCUT2D eigenvalue weighted by Crippen LogP contribution is -1.92. The third kappa shape index (κ3) is 2.94. The van der Waals surface area contributed by atoms with E-state index in [9.17, 15) is 0 Å². The van der Waals surface area contributed by atoms with Crippen molar-refractivity contribution in [2.75, 3.05) is 0 Å². The van der Waals surface area contributed by atoms with Crippen LogP contribution in [0.3, 0.4) is 0 Å². The summed E-state index contributed by atoms with van der Waals surface area (Å²) in [6.45, 7) is 2.53.